The topological polar surface area (TPSA) is 71.1 Å². The normalized spacial score (nSPS) is 10.3. The van der Waals surface area contributed by atoms with Gasteiger partial charge in [-0.3, -0.25) is 10.1 Å². The Kier molecular flexibility index (Phi) is 5.52. The average Bonchev–Trinajstić information content (AvgIpc) is 2.64. The van der Waals surface area contributed by atoms with Gasteiger partial charge in [-0.2, -0.15) is 0 Å². The van der Waals surface area contributed by atoms with Gasteiger partial charge >= 0.3 is 6.03 Å². The lowest BCUT2D eigenvalue weighted by atomic mass is 10.0. The molecule has 0 saturated heterocycles. The maximum atomic E-state index is 12.2. The largest absolute Gasteiger partial charge is 0.324 e. The van der Waals surface area contributed by atoms with Gasteiger partial charge < -0.3 is 5.32 Å². The van der Waals surface area contributed by atoms with Crippen molar-refractivity contribution in [3.8, 4) is 11.1 Å². The van der Waals surface area contributed by atoms with Crippen LogP contribution in [0, 0.1) is 13.8 Å². The highest BCUT2D eigenvalue weighted by Crippen LogP contribution is 2.25. The van der Waals surface area contributed by atoms with Crippen LogP contribution >= 0.6 is 11.6 Å². The number of carbonyl (C=O) groups is 2. The minimum atomic E-state index is -0.421. The monoisotopic (exact) mass is 379 g/mol. The van der Waals surface area contributed by atoms with Gasteiger partial charge in [-0.1, -0.05) is 41.9 Å². The van der Waals surface area contributed by atoms with Gasteiger partial charge in [0, 0.05) is 16.8 Å². The van der Waals surface area contributed by atoms with Gasteiger partial charge in [0.25, 0.3) is 0 Å². The van der Waals surface area contributed by atoms with Crippen LogP contribution in [0.5, 0.6) is 0 Å². The van der Waals surface area contributed by atoms with Crippen LogP contribution in [0.4, 0.5) is 16.3 Å². The van der Waals surface area contributed by atoms with Gasteiger partial charge in [-0.05, 0) is 49.2 Å². The fraction of sp³-hybridized carbons (Fsp3) is 0.0952. The molecule has 0 aliphatic heterocycles. The van der Waals surface area contributed by atoms with Crippen molar-refractivity contribution in [3.05, 3.63) is 76.4 Å². The molecule has 6 heteroatoms. The minimum Gasteiger partial charge on any atom is -0.306 e. The molecule has 3 rings (SSSR count). The van der Waals surface area contributed by atoms with Gasteiger partial charge in [-0.25, -0.2) is 9.78 Å². The van der Waals surface area contributed by atoms with E-state index < -0.39 is 6.03 Å². The standard InChI is InChI=1S/C21H18ClN3O2/c1-13-3-9-19(18(22)11-13)24-21(27)25-20-10-8-17(14(2)23-20)16-6-4-15(12-26)5-7-16/h3-12H,1-2H3,(H2,23,24,25,27). The molecular formula is C21H18ClN3O2. The summed E-state index contributed by atoms with van der Waals surface area (Å²) in [6.07, 6.45) is 0.806. The molecule has 0 aliphatic rings. The number of carbonyl (C=O) groups excluding carboxylic acids is 2. The maximum absolute atomic E-state index is 12.2. The first-order valence-electron chi connectivity index (χ1n) is 8.33. The third kappa shape index (κ3) is 4.51. The van der Waals surface area contributed by atoms with Gasteiger partial charge in [0.05, 0.1) is 10.7 Å². The molecule has 1 aromatic heterocycles. The van der Waals surface area contributed by atoms with Crippen LogP contribution in [0.15, 0.2) is 54.6 Å². The van der Waals surface area contributed by atoms with E-state index in [1.807, 2.05) is 38.1 Å². The third-order valence-electron chi connectivity index (χ3n) is 4.06. The lowest BCUT2D eigenvalue weighted by Gasteiger charge is -2.11. The van der Waals surface area contributed by atoms with Crippen molar-refractivity contribution in [2.24, 2.45) is 0 Å². The zero-order valence-corrected chi connectivity index (χ0v) is 15.7. The van der Waals surface area contributed by atoms with Gasteiger partial charge in [0.2, 0.25) is 0 Å². The number of benzene rings is 2. The number of halogens is 1. The van der Waals surface area contributed by atoms with E-state index in [4.69, 9.17) is 11.6 Å². The first kappa shape index (κ1) is 18.6. The van der Waals surface area contributed by atoms with E-state index >= 15 is 0 Å². The van der Waals surface area contributed by atoms with Crippen molar-refractivity contribution in [1.29, 1.82) is 0 Å². The Morgan fingerprint density at radius 2 is 1.74 bits per heavy atom. The Morgan fingerprint density at radius 1 is 1.00 bits per heavy atom. The Hall–Kier alpha value is -3.18. The molecule has 5 nitrogen and oxygen atoms in total. The second-order valence-corrected chi connectivity index (χ2v) is 6.54. The zero-order valence-electron chi connectivity index (χ0n) is 14.9. The lowest BCUT2D eigenvalue weighted by molar-refractivity contribution is 0.112. The number of aldehydes is 1. The summed E-state index contributed by atoms with van der Waals surface area (Å²) in [7, 11) is 0. The smallest absolute Gasteiger partial charge is 0.306 e. The van der Waals surface area contributed by atoms with Crippen LogP contribution in [0.1, 0.15) is 21.6 Å². The van der Waals surface area contributed by atoms with E-state index in [1.54, 1.807) is 30.3 Å². The summed E-state index contributed by atoms with van der Waals surface area (Å²) in [6, 6.07) is 15.8. The SMILES string of the molecule is Cc1ccc(NC(=O)Nc2ccc(-c3ccc(C=O)cc3)c(C)n2)c(Cl)c1. The second-order valence-electron chi connectivity index (χ2n) is 6.13. The maximum Gasteiger partial charge on any atom is 0.324 e. The summed E-state index contributed by atoms with van der Waals surface area (Å²) >= 11 is 6.13. The predicted molar refractivity (Wildman–Crippen MR) is 109 cm³/mol. The molecule has 2 amide bonds. The molecule has 0 fully saturated rings. The number of nitrogens with zero attached hydrogens (tertiary/aromatic N) is 1. The number of amides is 2. The number of hydrogen-bond acceptors (Lipinski definition) is 3. The van der Waals surface area contributed by atoms with E-state index in [0.717, 1.165) is 28.7 Å². The first-order chi connectivity index (χ1) is 13.0. The molecule has 0 saturated carbocycles. The summed E-state index contributed by atoms with van der Waals surface area (Å²) in [4.78, 5) is 27.4. The fourth-order valence-corrected chi connectivity index (χ4v) is 2.95. The van der Waals surface area contributed by atoms with Crippen molar-refractivity contribution < 1.29 is 9.59 Å². The highest BCUT2D eigenvalue weighted by molar-refractivity contribution is 6.33. The van der Waals surface area contributed by atoms with Crippen LogP contribution in [0.3, 0.4) is 0 Å². The molecule has 0 spiro atoms. The van der Waals surface area contributed by atoms with Gasteiger partial charge in [0.1, 0.15) is 12.1 Å². The summed E-state index contributed by atoms with van der Waals surface area (Å²) in [5.41, 5.74) is 4.81. The van der Waals surface area contributed by atoms with E-state index in [1.165, 1.54) is 0 Å². The molecule has 27 heavy (non-hydrogen) atoms. The lowest BCUT2D eigenvalue weighted by Crippen LogP contribution is -2.20. The molecule has 0 radical (unpaired) electrons. The highest BCUT2D eigenvalue weighted by Gasteiger charge is 2.09. The van der Waals surface area contributed by atoms with Crippen LogP contribution < -0.4 is 10.6 Å². The van der Waals surface area contributed by atoms with Crippen molar-refractivity contribution >= 4 is 35.4 Å². The Labute approximate surface area is 162 Å². The van der Waals surface area contributed by atoms with Gasteiger partial charge in [-0.15, -0.1) is 0 Å². The molecule has 3 aromatic rings. The summed E-state index contributed by atoms with van der Waals surface area (Å²) < 4.78 is 0. The molecule has 2 aromatic carbocycles. The number of hydrogen-bond donors (Lipinski definition) is 2. The second kappa shape index (κ2) is 8.01. The quantitative estimate of drug-likeness (QED) is 0.590. The number of aryl methyl sites for hydroxylation is 2. The zero-order chi connectivity index (χ0) is 19.4. The molecule has 0 bridgehead atoms. The van der Waals surface area contributed by atoms with Crippen molar-refractivity contribution in [1.82, 2.24) is 4.98 Å². The van der Waals surface area contributed by atoms with Crippen LogP contribution in [-0.4, -0.2) is 17.3 Å². The van der Waals surface area contributed by atoms with E-state index in [9.17, 15) is 9.59 Å². The van der Waals surface area contributed by atoms with E-state index in [-0.39, 0.29) is 0 Å². The van der Waals surface area contributed by atoms with E-state index in [2.05, 4.69) is 15.6 Å². The molecule has 0 aliphatic carbocycles. The number of urea groups is 1. The number of nitrogens with one attached hydrogen (secondary N) is 2. The van der Waals surface area contributed by atoms with Gasteiger partial charge in [0.15, 0.2) is 0 Å². The molecule has 2 N–H and O–H groups in total. The molecule has 0 unspecified atom stereocenters. The number of rotatable bonds is 4. The molecule has 1 heterocycles. The summed E-state index contributed by atoms with van der Waals surface area (Å²) in [5.74, 6) is 0.432. The summed E-state index contributed by atoms with van der Waals surface area (Å²) in [6.45, 7) is 3.79. The first-order valence-corrected chi connectivity index (χ1v) is 8.71. The van der Waals surface area contributed by atoms with Crippen molar-refractivity contribution in [3.63, 3.8) is 0 Å². The van der Waals surface area contributed by atoms with Crippen molar-refractivity contribution in [2.45, 2.75) is 13.8 Å². The highest BCUT2D eigenvalue weighted by atomic mass is 35.5. The summed E-state index contributed by atoms with van der Waals surface area (Å²) in [5, 5.41) is 5.89. The minimum absolute atomic E-state index is 0.421. The number of aromatic nitrogens is 1. The van der Waals surface area contributed by atoms with Crippen molar-refractivity contribution in [2.75, 3.05) is 10.6 Å². The third-order valence-corrected chi connectivity index (χ3v) is 4.37. The Balaban J connectivity index is 1.73. The number of anilines is 2. The molecular weight excluding hydrogens is 362 g/mol. The van der Waals surface area contributed by atoms with Crippen LogP contribution in [0.25, 0.3) is 11.1 Å². The molecule has 0 atom stereocenters. The number of pyridine rings is 1. The Bertz CT molecular complexity index is 1000. The Morgan fingerprint density at radius 3 is 2.37 bits per heavy atom. The van der Waals surface area contributed by atoms with Crippen LogP contribution in [-0.2, 0) is 0 Å². The van der Waals surface area contributed by atoms with E-state index in [0.29, 0.717) is 22.1 Å². The molecule has 136 valence electrons. The average molecular weight is 380 g/mol. The van der Waals surface area contributed by atoms with Crippen LogP contribution in [0.2, 0.25) is 5.02 Å². The predicted octanol–water partition coefficient (Wildman–Crippen LogP) is 5.48. The fourth-order valence-electron chi connectivity index (χ4n) is 2.67.